The number of carbonyl (C=O) groups is 2. The normalized spacial score (nSPS) is 23.2. The molecule has 1 aliphatic rings. The van der Waals surface area contributed by atoms with E-state index < -0.39 is 30.3 Å². The number of hydroxylamine groups is 2. The third kappa shape index (κ3) is 5.43. The number of ether oxygens (including phenoxy) is 1. The van der Waals surface area contributed by atoms with Crippen molar-refractivity contribution in [2.45, 2.75) is 30.7 Å². The summed E-state index contributed by atoms with van der Waals surface area (Å²) in [5.74, 6) is -0.901. The van der Waals surface area contributed by atoms with Crippen LogP contribution in [0.4, 0.5) is 0 Å². The van der Waals surface area contributed by atoms with Gasteiger partial charge in [-0.1, -0.05) is 48.5 Å². The van der Waals surface area contributed by atoms with E-state index in [-0.39, 0.29) is 31.0 Å². The molecule has 1 aliphatic heterocycles. The van der Waals surface area contributed by atoms with Crippen molar-refractivity contribution in [1.29, 1.82) is 0 Å². The molecule has 2 aromatic rings. The van der Waals surface area contributed by atoms with Gasteiger partial charge in [0.25, 0.3) is 5.91 Å². The minimum Gasteiger partial charge on any atom is -0.387 e. The molecular formula is C22H26N2O6. The number of nitrogens with zero attached hydrogens (tertiary/aromatic N) is 1. The van der Waals surface area contributed by atoms with Gasteiger partial charge in [-0.3, -0.25) is 14.8 Å². The Morgan fingerprint density at radius 1 is 1.10 bits per heavy atom. The van der Waals surface area contributed by atoms with Gasteiger partial charge in [0.2, 0.25) is 5.91 Å². The van der Waals surface area contributed by atoms with Crippen LogP contribution < -0.4 is 5.32 Å². The Hall–Kier alpha value is -2.78. The van der Waals surface area contributed by atoms with Crippen molar-refractivity contribution in [2.75, 3.05) is 19.7 Å². The van der Waals surface area contributed by atoms with Gasteiger partial charge < -0.3 is 20.3 Å². The first-order valence-electron chi connectivity index (χ1n) is 9.77. The Morgan fingerprint density at radius 2 is 1.73 bits per heavy atom. The minimum atomic E-state index is -1.85. The first-order valence-corrected chi connectivity index (χ1v) is 9.77. The molecule has 30 heavy (non-hydrogen) atoms. The zero-order valence-electron chi connectivity index (χ0n) is 16.5. The van der Waals surface area contributed by atoms with E-state index in [4.69, 9.17) is 4.74 Å². The van der Waals surface area contributed by atoms with E-state index in [0.29, 0.717) is 11.5 Å². The molecule has 0 radical (unpaired) electrons. The molecule has 2 aromatic carbocycles. The Kier molecular flexibility index (Phi) is 7.17. The molecule has 0 bridgehead atoms. The third-order valence-electron chi connectivity index (χ3n) is 5.11. The number of benzene rings is 2. The smallest absolute Gasteiger partial charge is 0.277 e. The summed E-state index contributed by atoms with van der Waals surface area (Å²) in [6.07, 6.45) is -1.36. The molecule has 1 heterocycles. The van der Waals surface area contributed by atoms with Crippen LogP contribution in [0.15, 0.2) is 60.7 Å². The lowest BCUT2D eigenvalue weighted by atomic mass is 9.96. The highest BCUT2D eigenvalue weighted by molar-refractivity contribution is 5.93. The Balaban J connectivity index is 1.47. The fourth-order valence-corrected chi connectivity index (χ4v) is 3.35. The molecule has 1 fully saturated rings. The first kappa shape index (κ1) is 21.9. The molecule has 3 atom stereocenters. The lowest BCUT2D eigenvalue weighted by Crippen LogP contribution is -2.54. The average Bonchev–Trinajstić information content (AvgIpc) is 3.05. The average molecular weight is 414 g/mol. The first-order chi connectivity index (χ1) is 14.4. The molecule has 2 amide bonds. The van der Waals surface area contributed by atoms with E-state index in [1.54, 1.807) is 18.2 Å². The maximum absolute atomic E-state index is 12.3. The summed E-state index contributed by atoms with van der Waals surface area (Å²) in [7, 11) is 0. The SMILES string of the molecule is O=C(CCc1ccccc1)NC[C@H]1OC[C@@](O)(CN(O)C(=O)c2ccccc2)[C@@H]1O. The molecule has 0 unspecified atom stereocenters. The number of aliphatic hydroxyl groups is 2. The molecule has 8 nitrogen and oxygen atoms in total. The van der Waals surface area contributed by atoms with Crippen molar-refractivity contribution in [2.24, 2.45) is 0 Å². The molecular weight excluding hydrogens is 388 g/mol. The molecule has 3 rings (SSSR count). The number of carbonyl (C=O) groups excluding carboxylic acids is 2. The van der Waals surface area contributed by atoms with Crippen LogP contribution in [0.1, 0.15) is 22.3 Å². The van der Waals surface area contributed by atoms with Gasteiger partial charge >= 0.3 is 0 Å². The van der Waals surface area contributed by atoms with Crippen LogP contribution in [-0.2, 0) is 16.0 Å². The Morgan fingerprint density at radius 3 is 2.40 bits per heavy atom. The quantitative estimate of drug-likeness (QED) is 0.374. The number of nitrogens with one attached hydrogen (secondary N) is 1. The maximum atomic E-state index is 12.3. The van der Waals surface area contributed by atoms with Gasteiger partial charge in [-0.25, -0.2) is 5.06 Å². The molecule has 0 saturated carbocycles. The molecule has 160 valence electrons. The third-order valence-corrected chi connectivity index (χ3v) is 5.11. The molecule has 0 aliphatic carbocycles. The lowest BCUT2D eigenvalue weighted by molar-refractivity contribution is -0.134. The Bertz CT molecular complexity index is 847. The second-order valence-electron chi connectivity index (χ2n) is 7.42. The molecule has 4 N–H and O–H groups in total. The summed E-state index contributed by atoms with van der Waals surface area (Å²) in [6.45, 7) is -0.798. The monoisotopic (exact) mass is 414 g/mol. The Labute approximate surface area is 174 Å². The highest BCUT2D eigenvalue weighted by atomic mass is 16.5. The van der Waals surface area contributed by atoms with E-state index in [1.165, 1.54) is 12.1 Å². The summed E-state index contributed by atoms with van der Waals surface area (Å²) in [6, 6.07) is 17.7. The van der Waals surface area contributed by atoms with E-state index in [9.17, 15) is 25.0 Å². The highest BCUT2D eigenvalue weighted by Crippen LogP contribution is 2.26. The van der Waals surface area contributed by atoms with Crippen LogP contribution >= 0.6 is 0 Å². The standard InChI is InChI=1S/C22H26N2O6/c25-19(12-11-16-7-3-1-4-8-16)23-13-18-20(26)22(28,15-30-18)14-24(29)21(27)17-9-5-2-6-10-17/h1-10,18,20,26,28-29H,11-15H2,(H,23,25)/t18-,20-,22+/m1/s1. The van der Waals surface area contributed by atoms with E-state index in [1.807, 2.05) is 30.3 Å². The second-order valence-corrected chi connectivity index (χ2v) is 7.42. The van der Waals surface area contributed by atoms with Crippen LogP contribution in [0.3, 0.4) is 0 Å². The number of rotatable bonds is 8. The molecule has 0 spiro atoms. The zero-order valence-corrected chi connectivity index (χ0v) is 16.5. The van der Waals surface area contributed by atoms with Gasteiger partial charge in [-0.15, -0.1) is 0 Å². The predicted molar refractivity (Wildman–Crippen MR) is 108 cm³/mol. The lowest BCUT2D eigenvalue weighted by Gasteiger charge is -2.29. The van der Waals surface area contributed by atoms with Crippen molar-refractivity contribution < 1.29 is 29.7 Å². The van der Waals surface area contributed by atoms with Gasteiger partial charge in [0.1, 0.15) is 17.8 Å². The van der Waals surface area contributed by atoms with Crippen LogP contribution in [0.25, 0.3) is 0 Å². The van der Waals surface area contributed by atoms with Gasteiger partial charge in [-0.2, -0.15) is 0 Å². The largest absolute Gasteiger partial charge is 0.387 e. The van der Waals surface area contributed by atoms with Crippen molar-refractivity contribution in [3.8, 4) is 0 Å². The van der Waals surface area contributed by atoms with Gasteiger partial charge in [0.15, 0.2) is 0 Å². The molecule has 0 aromatic heterocycles. The fraction of sp³-hybridized carbons (Fsp3) is 0.364. The van der Waals surface area contributed by atoms with Crippen molar-refractivity contribution in [3.63, 3.8) is 0 Å². The summed E-state index contributed by atoms with van der Waals surface area (Å²) in [5, 5.41) is 34.3. The number of hydrogen-bond donors (Lipinski definition) is 4. The number of aryl methyl sites for hydroxylation is 1. The van der Waals surface area contributed by atoms with Crippen LogP contribution in [-0.4, -0.2) is 69.8 Å². The topological polar surface area (TPSA) is 119 Å². The highest BCUT2D eigenvalue weighted by Gasteiger charge is 2.49. The summed E-state index contributed by atoms with van der Waals surface area (Å²) < 4.78 is 5.42. The van der Waals surface area contributed by atoms with E-state index in [2.05, 4.69) is 5.32 Å². The number of hydrogen-bond acceptors (Lipinski definition) is 6. The van der Waals surface area contributed by atoms with Crippen LogP contribution in [0.5, 0.6) is 0 Å². The second kappa shape index (κ2) is 9.82. The minimum absolute atomic E-state index is 0.00909. The summed E-state index contributed by atoms with van der Waals surface area (Å²) in [4.78, 5) is 24.3. The molecule has 1 saturated heterocycles. The fourth-order valence-electron chi connectivity index (χ4n) is 3.35. The van der Waals surface area contributed by atoms with Crippen LogP contribution in [0, 0.1) is 0 Å². The summed E-state index contributed by atoms with van der Waals surface area (Å²) >= 11 is 0. The predicted octanol–water partition coefficient (Wildman–Crippen LogP) is 0.758. The molecule has 8 heteroatoms. The number of amides is 2. The zero-order chi connectivity index (χ0) is 21.6. The van der Waals surface area contributed by atoms with Crippen LogP contribution in [0.2, 0.25) is 0 Å². The van der Waals surface area contributed by atoms with Crippen molar-refractivity contribution in [1.82, 2.24) is 10.4 Å². The van der Waals surface area contributed by atoms with E-state index in [0.717, 1.165) is 5.56 Å². The van der Waals surface area contributed by atoms with Gasteiger partial charge in [-0.05, 0) is 24.1 Å². The van der Waals surface area contributed by atoms with Crippen molar-refractivity contribution in [3.05, 3.63) is 71.8 Å². The summed E-state index contributed by atoms with van der Waals surface area (Å²) in [5.41, 5.74) is -0.553. The van der Waals surface area contributed by atoms with Gasteiger partial charge in [0.05, 0.1) is 13.2 Å². The van der Waals surface area contributed by atoms with Gasteiger partial charge in [0, 0.05) is 18.5 Å². The van der Waals surface area contributed by atoms with E-state index >= 15 is 0 Å². The maximum Gasteiger partial charge on any atom is 0.277 e. The van der Waals surface area contributed by atoms with Crippen molar-refractivity contribution >= 4 is 11.8 Å². The number of aliphatic hydroxyl groups excluding tert-OH is 1.